The zero-order valence-corrected chi connectivity index (χ0v) is 11.4. The van der Waals surface area contributed by atoms with E-state index in [1.807, 2.05) is 12.1 Å². The monoisotopic (exact) mass is 291 g/mol. The van der Waals surface area contributed by atoms with E-state index in [4.69, 9.17) is 0 Å². The lowest BCUT2D eigenvalue weighted by Crippen LogP contribution is -2.51. The number of amides is 2. The van der Waals surface area contributed by atoms with Gasteiger partial charge in [-0.15, -0.1) is 0 Å². The molecule has 4 heterocycles. The van der Waals surface area contributed by atoms with E-state index in [-0.39, 0.29) is 6.03 Å². The van der Waals surface area contributed by atoms with Crippen molar-refractivity contribution in [1.82, 2.24) is 20.6 Å². The first-order valence-corrected chi connectivity index (χ1v) is 7.21. The zero-order chi connectivity index (χ0) is 13.7. The van der Waals surface area contributed by atoms with Gasteiger partial charge in [0, 0.05) is 19.3 Å². The topological polar surface area (TPSA) is 90.4 Å². The molecule has 2 amide bonds. The molecule has 7 nitrogen and oxygen atoms in total. The van der Waals surface area contributed by atoms with Crippen molar-refractivity contribution in [2.45, 2.75) is 18.2 Å². The van der Waals surface area contributed by atoms with Crippen molar-refractivity contribution in [3.63, 3.8) is 0 Å². The molecule has 3 N–H and O–H groups in total. The number of nitrogens with zero attached hydrogens (tertiary/aromatic N) is 3. The van der Waals surface area contributed by atoms with Crippen LogP contribution in [-0.2, 0) is 0 Å². The van der Waals surface area contributed by atoms with Gasteiger partial charge in [-0.25, -0.2) is 9.78 Å². The summed E-state index contributed by atoms with van der Waals surface area (Å²) in [6, 6.07) is 3.56. The third kappa shape index (κ3) is 1.65. The number of fused-ring (bicyclic) bond motifs is 1. The van der Waals surface area contributed by atoms with Crippen molar-refractivity contribution in [3.8, 4) is 0 Å². The van der Waals surface area contributed by atoms with E-state index in [0.717, 1.165) is 22.0 Å². The van der Waals surface area contributed by atoms with Crippen LogP contribution >= 0.6 is 11.3 Å². The third-order valence-corrected chi connectivity index (χ3v) is 4.95. The Balaban J connectivity index is 1.63. The van der Waals surface area contributed by atoms with E-state index < -0.39 is 11.8 Å². The lowest BCUT2D eigenvalue weighted by atomic mass is 9.98. The smallest absolute Gasteiger partial charge is 0.317 e. The van der Waals surface area contributed by atoms with Gasteiger partial charge in [0.1, 0.15) is 5.54 Å². The molecule has 1 spiro atoms. The van der Waals surface area contributed by atoms with Crippen molar-refractivity contribution < 1.29 is 9.90 Å². The Bertz CT molecular complexity index is 656. The minimum atomic E-state index is -0.854. The van der Waals surface area contributed by atoms with Crippen molar-refractivity contribution in [3.05, 3.63) is 18.3 Å². The molecule has 0 radical (unpaired) electrons. The SMILES string of the molecule is O=C1NC(O)C2(CCN(c3nc4ncccc4s3)C2)N1. The Hall–Kier alpha value is -1.93. The van der Waals surface area contributed by atoms with Gasteiger partial charge in [-0.1, -0.05) is 11.3 Å². The van der Waals surface area contributed by atoms with Crippen LogP contribution in [0.3, 0.4) is 0 Å². The summed E-state index contributed by atoms with van der Waals surface area (Å²) in [5.74, 6) is 0. The van der Waals surface area contributed by atoms with Gasteiger partial charge in [0.15, 0.2) is 17.0 Å². The summed E-state index contributed by atoms with van der Waals surface area (Å²) in [6.07, 6.45) is 1.56. The molecule has 2 saturated heterocycles. The highest BCUT2D eigenvalue weighted by molar-refractivity contribution is 7.22. The van der Waals surface area contributed by atoms with Gasteiger partial charge in [-0.3, -0.25) is 0 Å². The largest absolute Gasteiger partial charge is 0.371 e. The Morgan fingerprint density at radius 3 is 3.20 bits per heavy atom. The van der Waals surface area contributed by atoms with Gasteiger partial charge in [-0.2, -0.15) is 4.98 Å². The zero-order valence-electron chi connectivity index (χ0n) is 10.5. The van der Waals surface area contributed by atoms with Crippen LogP contribution < -0.4 is 15.5 Å². The number of pyridine rings is 1. The van der Waals surface area contributed by atoms with Crippen LogP contribution in [0, 0.1) is 0 Å². The van der Waals surface area contributed by atoms with Crippen LogP contribution in [0.15, 0.2) is 18.3 Å². The molecule has 8 heteroatoms. The number of urea groups is 1. The number of thiazole rings is 1. The van der Waals surface area contributed by atoms with Crippen molar-refractivity contribution in [1.29, 1.82) is 0 Å². The average Bonchev–Trinajstić information content (AvgIpc) is 3.08. The van der Waals surface area contributed by atoms with E-state index in [2.05, 4.69) is 25.5 Å². The quantitative estimate of drug-likeness (QED) is 0.702. The molecular formula is C12H13N5O2S. The number of carbonyl (C=O) groups is 1. The Morgan fingerprint density at radius 2 is 2.45 bits per heavy atom. The fraction of sp³-hybridized carbons (Fsp3) is 0.417. The molecule has 2 fully saturated rings. The van der Waals surface area contributed by atoms with Crippen LogP contribution in [0.2, 0.25) is 0 Å². The van der Waals surface area contributed by atoms with E-state index in [1.165, 1.54) is 0 Å². The number of nitrogens with one attached hydrogen (secondary N) is 2. The van der Waals surface area contributed by atoms with Crippen molar-refractivity contribution >= 4 is 32.8 Å². The summed E-state index contributed by atoms with van der Waals surface area (Å²) in [7, 11) is 0. The highest BCUT2D eigenvalue weighted by atomic mass is 32.1. The number of hydrogen-bond donors (Lipinski definition) is 3. The van der Waals surface area contributed by atoms with Crippen molar-refractivity contribution in [2.24, 2.45) is 0 Å². The van der Waals surface area contributed by atoms with Crippen LogP contribution in [0.25, 0.3) is 10.3 Å². The molecule has 4 rings (SSSR count). The molecule has 2 aliphatic heterocycles. The molecule has 2 aromatic heterocycles. The molecule has 2 aliphatic rings. The van der Waals surface area contributed by atoms with E-state index in [0.29, 0.717) is 13.0 Å². The lowest BCUT2D eigenvalue weighted by molar-refractivity contribution is 0.0926. The summed E-state index contributed by atoms with van der Waals surface area (Å²) in [4.78, 5) is 22.2. The molecule has 20 heavy (non-hydrogen) atoms. The van der Waals surface area contributed by atoms with Gasteiger partial charge in [-0.05, 0) is 18.6 Å². The fourth-order valence-corrected chi connectivity index (χ4v) is 3.76. The predicted octanol–water partition coefficient (Wildman–Crippen LogP) is 0.271. The predicted molar refractivity (Wildman–Crippen MR) is 74.7 cm³/mol. The number of anilines is 1. The Labute approximate surface area is 118 Å². The Morgan fingerprint density at radius 1 is 1.55 bits per heavy atom. The minimum Gasteiger partial charge on any atom is -0.371 e. The highest BCUT2D eigenvalue weighted by Crippen LogP contribution is 2.34. The second-order valence-electron chi connectivity index (χ2n) is 5.15. The normalized spacial score (nSPS) is 29.1. The van der Waals surface area contributed by atoms with Gasteiger partial charge >= 0.3 is 6.03 Å². The molecule has 2 aromatic rings. The van der Waals surface area contributed by atoms with E-state index in [9.17, 15) is 9.90 Å². The number of aliphatic hydroxyl groups is 1. The van der Waals surface area contributed by atoms with Gasteiger partial charge in [0.2, 0.25) is 0 Å². The molecule has 0 bridgehead atoms. The van der Waals surface area contributed by atoms with Crippen LogP contribution in [0.1, 0.15) is 6.42 Å². The number of hydrogen-bond acceptors (Lipinski definition) is 6. The maximum atomic E-state index is 11.4. The number of rotatable bonds is 1. The minimum absolute atomic E-state index is 0.315. The van der Waals surface area contributed by atoms with Gasteiger partial charge in [0.05, 0.1) is 4.70 Å². The summed E-state index contributed by atoms with van der Waals surface area (Å²) in [6.45, 7) is 1.30. The molecular weight excluding hydrogens is 278 g/mol. The number of aromatic nitrogens is 2. The highest BCUT2D eigenvalue weighted by Gasteiger charge is 2.50. The fourth-order valence-electron chi connectivity index (χ4n) is 2.81. The first kappa shape index (κ1) is 11.9. The van der Waals surface area contributed by atoms with Crippen LogP contribution in [0.4, 0.5) is 9.93 Å². The van der Waals surface area contributed by atoms with Gasteiger partial charge in [0.25, 0.3) is 0 Å². The second kappa shape index (κ2) is 4.03. The number of aliphatic hydroxyl groups excluding tert-OH is 1. The molecule has 2 atom stereocenters. The first-order valence-electron chi connectivity index (χ1n) is 6.40. The summed E-state index contributed by atoms with van der Waals surface area (Å²) in [5.41, 5.74) is 0.130. The maximum Gasteiger partial charge on any atom is 0.317 e. The molecule has 0 aliphatic carbocycles. The maximum absolute atomic E-state index is 11.4. The molecule has 0 saturated carbocycles. The molecule has 2 unspecified atom stereocenters. The van der Waals surface area contributed by atoms with Crippen LogP contribution in [0.5, 0.6) is 0 Å². The van der Waals surface area contributed by atoms with E-state index >= 15 is 0 Å². The lowest BCUT2D eigenvalue weighted by Gasteiger charge is -2.25. The van der Waals surface area contributed by atoms with Gasteiger partial charge < -0.3 is 20.6 Å². The second-order valence-corrected chi connectivity index (χ2v) is 6.16. The first-order chi connectivity index (χ1) is 9.66. The molecule has 0 aromatic carbocycles. The Kier molecular flexibility index (Phi) is 2.39. The third-order valence-electron chi connectivity index (χ3n) is 3.88. The van der Waals surface area contributed by atoms with Crippen LogP contribution in [-0.4, -0.2) is 46.0 Å². The average molecular weight is 291 g/mol. The van der Waals surface area contributed by atoms with Crippen molar-refractivity contribution in [2.75, 3.05) is 18.0 Å². The number of carbonyl (C=O) groups excluding carboxylic acids is 1. The standard InChI is InChI=1S/C12H13N5O2S/c18-9-12(16-10(19)15-9)3-5-17(6-12)11-14-8-7(20-11)2-1-4-13-8/h1-2,4,9,18H,3,5-6H2,(H2,15,16,19). The summed E-state index contributed by atoms with van der Waals surface area (Å²) >= 11 is 1.58. The van der Waals surface area contributed by atoms with E-state index in [1.54, 1.807) is 17.5 Å². The summed E-state index contributed by atoms with van der Waals surface area (Å²) in [5, 5.41) is 16.2. The summed E-state index contributed by atoms with van der Waals surface area (Å²) < 4.78 is 1.04. The molecule has 104 valence electrons.